The summed E-state index contributed by atoms with van der Waals surface area (Å²) in [6.45, 7) is 2.83. The molecule has 0 aliphatic rings. The van der Waals surface area contributed by atoms with Crippen LogP contribution < -0.4 is 11.1 Å². The summed E-state index contributed by atoms with van der Waals surface area (Å²) in [7, 11) is 0. The maximum atomic E-state index is 9.23. The van der Waals surface area contributed by atoms with E-state index >= 15 is 0 Å². The molecular formula is C16H18N2OS. The van der Waals surface area contributed by atoms with Crippen molar-refractivity contribution in [3.63, 3.8) is 0 Å². The fourth-order valence-corrected chi connectivity index (χ4v) is 2.29. The lowest BCUT2D eigenvalue weighted by molar-refractivity contribution is 0.475. The van der Waals surface area contributed by atoms with Gasteiger partial charge in [-0.05, 0) is 54.8 Å². The van der Waals surface area contributed by atoms with Crippen LogP contribution in [0.5, 0.6) is 5.75 Å². The van der Waals surface area contributed by atoms with E-state index in [1.165, 1.54) is 5.56 Å². The molecule has 0 heterocycles. The van der Waals surface area contributed by atoms with Gasteiger partial charge in [0.2, 0.25) is 0 Å². The number of hydrogen-bond donors (Lipinski definition) is 3. The molecule has 0 radical (unpaired) electrons. The highest BCUT2D eigenvalue weighted by atomic mass is 32.1. The average molecular weight is 286 g/mol. The molecule has 0 aliphatic heterocycles. The molecular weight excluding hydrogens is 268 g/mol. The third-order valence-corrected chi connectivity index (χ3v) is 3.39. The van der Waals surface area contributed by atoms with Gasteiger partial charge in [-0.25, -0.2) is 0 Å². The Morgan fingerprint density at radius 3 is 2.50 bits per heavy atom. The first-order chi connectivity index (χ1) is 9.56. The van der Waals surface area contributed by atoms with E-state index in [0.717, 1.165) is 29.8 Å². The number of aromatic hydroxyl groups is 1. The van der Waals surface area contributed by atoms with Crippen LogP contribution in [0, 0.1) is 6.92 Å². The summed E-state index contributed by atoms with van der Waals surface area (Å²) in [6.07, 6.45) is 0.899. The number of rotatable bonds is 5. The van der Waals surface area contributed by atoms with E-state index in [0.29, 0.717) is 10.7 Å². The summed E-state index contributed by atoms with van der Waals surface area (Å²) in [5.41, 5.74) is 9.88. The topological polar surface area (TPSA) is 58.3 Å². The quantitative estimate of drug-likeness (QED) is 0.740. The molecule has 0 aliphatic carbocycles. The molecule has 4 N–H and O–H groups in total. The molecule has 2 aromatic rings. The molecule has 0 unspecified atom stereocenters. The molecule has 20 heavy (non-hydrogen) atoms. The summed E-state index contributed by atoms with van der Waals surface area (Å²) < 4.78 is 0. The summed E-state index contributed by atoms with van der Waals surface area (Å²) in [6, 6.07) is 13.2. The molecule has 0 saturated heterocycles. The van der Waals surface area contributed by atoms with E-state index in [-0.39, 0.29) is 0 Å². The van der Waals surface area contributed by atoms with Crippen molar-refractivity contribution in [3.8, 4) is 5.75 Å². The van der Waals surface area contributed by atoms with Gasteiger partial charge >= 0.3 is 0 Å². The lowest BCUT2D eigenvalue weighted by Gasteiger charge is -2.10. The number of benzene rings is 2. The highest BCUT2D eigenvalue weighted by molar-refractivity contribution is 7.80. The lowest BCUT2D eigenvalue weighted by atomic mass is 10.1. The van der Waals surface area contributed by atoms with Crippen LogP contribution in [0.25, 0.3) is 0 Å². The van der Waals surface area contributed by atoms with Gasteiger partial charge in [0.25, 0.3) is 0 Å². The average Bonchev–Trinajstić information content (AvgIpc) is 2.41. The Kier molecular flexibility index (Phi) is 4.58. The Hall–Kier alpha value is -2.07. The number of aryl methyl sites for hydroxylation is 1. The van der Waals surface area contributed by atoms with E-state index in [9.17, 15) is 5.11 Å². The van der Waals surface area contributed by atoms with E-state index in [1.807, 2.05) is 37.3 Å². The van der Waals surface area contributed by atoms with Crippen molar-refractivity contribution in [3.05, 3.63) is 59.2 Å². The van der Waals surface area contributed by atoms with Crippen LogP contribution in [-0.4, -0.2) is 16.6 Å². The minimum absolute atomic E-state index is 0.297. The van der Waals surface area contributed by atoms with Crippen LogP contribution in [-0.2, 0) is 6.42 Å². The number of phenols is 1. The van der Waals surface area contributed by atoms with Crippen LogP contribution >= 0.6 is 12.2 Å². The molecule has 0 saturated carbocycles. The van der Waals surface area contributed by atoms with Crippen molar-refractivity contribution < 1.29 is 5.11 Å². The van der Waals surface area contributed by atoms with E-state index < -0.39 is 0 Å². The minimum atomic E-state index is 0.297. The third-order valence-electron chi connectivity index (χ3n) is 3.17. The van der Waals surface area contributed by atoms with E-state index in [4.69, 9.17) is 18.0 Å². The second kappa shape index (κ2) is 6.39. The van der Waals surface area contributed by atoms with Crippen molar-refractivity contribution >= 4 is 22.9 Å². The largest absolute Gasteiger partial charge is 0.508 e. The zero-order valence-electron chi connectivity index (χ0n) is 11.4. The Morgan fingerprint density at radius 2 is 1.90 bits per heavy atom. The van der Waals surface area contributed by atoms with Crippen LogP contribution in [0.1, 0.15) is 16.7 Å². The third kappa shape index (κ3) is 3.71. The molecule has 104 valence electrons. The Morgan fingerprint density at radius 1 is 1.20 bits per heavy atom. The Bertz CT molecular complexity index is 608. The highest BCUT2D eigenvalue weighted by Crippen LogP contribution is 2.15. The first kappa shape index (κ1) is 14.3. The number of phenolic OH excluding ortho intramolecular Hbond substituents is 1. The van der Waals surface area contributed by atoms with Gasteiger partial charge in [0.1, 0.15) is 10.7 Å². The molecule has 0 atom stereocenters. The van der Waals surface area contributed by atoms with Crippen LogP contribution in [0.2, 0.25) is 0 Å². The van der Waals surface area contributed by atoms with Crippen molar-refractivity contribution in [2.24, 2.45) is 5.73 Å². The van der Waals surface area contributed by atoms with Crippen molar-refractivity contribution in [1.82, 2.24) is 0 Å². The van der Waals surface area contributed by atoms with Crippen molar-refractivity contribution in [2.45, 2.75) is 13.3 Å². The summed E-state index contributed by atoms with van der Waals surface area (Å²) >= 11 is 4.99. The zero-order valence-corrected chi connectivity index (χ0v) is 12.2. The fraction of sp³-hybridized carbons (Fsp3) is 0.188. The van der Waals surface area contributed by atoms with Crippen LogP contribution in [0.15, 0.2) is 42.5 Å². The normalized spacial score (nSPS) is 10.2. The van der Waals surface area contributed by atoms with E-state index in [2.05, 4.69) is 5.32 Å². The maximum Gasteiger partial charge on any atom is 0.115 e. The minimum Gasteiger partial charge on any atom is -0.508 e. The number of nitrogens with two attached hydrogens (primary N) is 1. The Labute approximate surface area is 124 Å². The molecule has 0 amide bonds. The molecule has 0 spiro atoms. The second-order valence-electron chi connectivity index (χ2n) is 4.74. The van der Waals surface area contributed by atoms with Gasteiger partial charge in [-0.15, -0.1) is 0 Å². The molecule has 4 heteroatoms. The molecule has 3 nitrogen and oxygen atoms in total. The zero-order chi connectivity index (χ0) is 14.5. The predicted molar refractivity (Wildman–Crippen MR) is 87.4 cm³/mol. The molecule has 0 fully saturated rings. The molecule has 2 rings (SSSR count). The number of thiocarbonyl (C=S) groups is 1. The van der Waals surface area contributed by atoms with Gasteiger partial charge in [-0.1, -0.05) is 24.4 Å². The summed E-state index contributed by atoms with van der Waals surface area (Å²) in [5.74, 6) is 0.297. The first-order valence-corrected chi connectivity index (χ1v) is 6.89. The maximum absolute atomic E-state index is 9.23. The summed E-state index contributed by atoms with van der Waals surface area (Å²) in [4.78, 5) is 0.429. The monoisotopic (exact) mass is 286 g/mol. The fourth-order valence-electron chi connectivity index (χ4n) is 2.06. The van der Waals surface area contributed by atoms with Gasteiger partial charge < -0.3 is 16.2 Å². The number of nitrogens with one attached hydrogen (secondary N) is 1. The molecule has 2 aromatic carbocycles. The van der Waals surface area contributed by atoms with Crippen LogP contribution in [0.4, 0.5) is 5.69 Å². The number of anilines is 1. The van der Waals surface area contributed by atoms with E-state index in [1.54, 1.807) is 12.1 Å². The predicted octanol–water partition coefficient (Wildman–Crippen LogP) is 2.99. The van der Waals surface area contributed by atoms with Gasteiger partial charge in [-0.2, -0.15) is 0 Å². The van der Waals surface area contributed by atoms with Crippen molar-refractivity contribution in [2.75, 3.05) is 11.9 Å². The van der Waals surface area contributed by atoms with Gasteiger partial charge in [-0.3, -0.25) is 0 Å². The van der Waals surface area contributed by atoms with Gasteiger partial charge in [0, 0.05) is 17.8 Å². The number of hydrogen-bond acceptors (Lipinski definition) is 3. The molecule has 0 aromatic heterocycles. The summed E-state index contributed by atoms with van der Waals surface area (Å²) in [5, 5.41) is 12.6. The highest BCUT2D eigenvalue weighted by Gasteiger charge is 2.02. The second-order valence-corrected chi connectivity index (χ2v) is 5.18. The van der Waals surface area contributed by atoms with Crippen molar-refractivity contribution in [1.29, 1.82) is 0 Å². The lowest BCUT2D eigenvalue weighted by Crippen LogP contribution is -2.12. The SMILES string of the molecule is Cc1cc(NCCc2ccc(O)cc2)ccc1C(N)=S. The Balaban J connectivity index is 1.92. The molecule has 0 bridgehead atoms. The smallest absolute Gasteiger partial charge is 0.115 e. The standard InChI is InChI=1S/C16H18N2OS/c1-11-10-13(4-7-15(11)16(17)20)18-9-8-12-2-5-14(19)6-3-12/h2-7,10,18-19H,8-9H2,1H3,(H2,17,20). The van der Waals surface area contributed by atoms with Crippen LogP contribution in [0.3, 0.4) is 0 Å². The van der Waals surface area contributed by atoms with Gasteiger partial charge in [0.15, 0.2) is 0 Å². The first-order valence-electron chi connectivity index (χ1n) is 6.48. The van der Waals surface area contributed by atoms with Gasteiger partial charge in [0.05, 0.1) is 0 Å².